The molecule has 0 atom stereocenters. The molecule has 7 rings (SSSR count). The highest BCUT2D eigenvalue weighted by Crippen LogP contribution is 2.39. The average Bonchev–Trinajstić information content (AvgIpc) is 3.48. The second kappa shape index (κ2) is 12.3. The van der Waals surface area contributed by atoms with E-state index in [1.807, 2.05) is 36.4 Å². The Labute approximate surface area is 248 Å². The molecule has 0 unspecified atom stereocenters. The molecule has 0 amide bonds. The third-order valence-corrected chi connectivity index (χ3v) is 10.1. The number of para-hydroxylation sites is 1. The van der Waals surface area contributed by atoms with Crippen LogP contribution in [0, 0.1) is 11.8 Å². The highest BCUT2D eigenvalue weighted by molar-refractivity contribution is 5.90. The largest absolute Gasteiger partial charge is 0.369 e. The second-order valence-electron chi connectivity index (χ2n) is 12.4. The first kappa shape index (κ1) is 27.1. The van der Waals surface area contributed by atoms with Crippen LogP contribution in [0.1, 0.15) is 68.1 Å². The molecule has 2 heterocycles. The second-order valence-corrected chi connectivity index (χ2v) is 12.4. The molecule has 0 bridgehead atoms. The van der Waals surface area contributed by atoms with E-state index in [0.717, 1.165) is 42.1 Å². The molecular formula is C35H41N5O2. The molecule has 3 aliphatic rings. The predicted octanol–water partition coefficient (Wildman–Crippen LogP) is 6.63. The van der Waals surface area contributed by atoms with Gasteiger partial charge in [0.25, 0.3) is 0 Å². The number of piperazine rings is 1. The van der Waals surface area contributed by atoms with Crippen molar-refractivity contribution in [2.45, 2.75) is 63.8 Å². The van der Waals surface area contributed by atoms with E-state index in [1.165, 1.54) is 81.4 Å². The fourth-order valence-electron chi connectivity index (χ4n) is 7.60. The lowest BCUT2D eigenvalue weighted by Gasteiger charge is -2.44. The Morgan fingerprint density at radius 2 is 1.33 bits per heavy atom. The summed E-state index contributed by atoms with van der Waals surface area (Å²) in [7, 11) is 0. The van der Waals surface area contributed by atoms with Gasteiger partial charge < -0.3 is 9.74 Å². The zero-order chi connectivity index (χ0) is 28.3. The molecule has 3 aromatic carbocycles. The van der Waals surface area contributed by atoms with Crippen LogP contribution >= 0.6 is 0 Å². The van der Waals surface area contributed by atoms with E-state index in [2.05, 4.69) is 44.4 Å². The van der Waals surface area contributed by atoms with Gasteiger partial charge in [-0.25, -0.2) is 4.79 Å². The van der Waals surface area contributed by atoms with Gasteiger partial charge in [-0.3, -0.25) is 4.90 Å². The number of carbonyl (C=O) groups excluding carboxylic acids is 1. The van der Waals surface area contributed by atoms with Gasteiger partial charge in [-0.2, -0.15) is 0 Å². The van der Waals surface area contributed by atoms with Gasteiger partial charge in [0, 0.05) is 37.9 Å². The van der Waals surface area contributed by atoms with Crippen LogP contribution in [0.3, 0.4) is 0 Å². The van der Waals surface area contributed by atoms with Crippen molar-refractivity contribution < 1.29 is 9.63 Å². The zero-order valence-corrected chi connectivity index (χ0v) is 24.4. The van der Waals surface area contributed by atoms with E-state index >= 15 is 0 Å². The maximum absolute atomic E-state index is 12.7. The average molecular weight is 564 g/mol. The van der Waals surface area contributed by atoms with Crippen molar-refractivity contribution in [1.29, 1.82) is 0 Å². The first-order chi connectivity index (χ1) is 20.7. The molecule has 7 nitrogen and oxygen atoms in total. The Morgan fingerprint density at radius 1 is 0.690 bits per heavy atom. The van der Waals surface area contributed by atoms with Crippen molar-refractivity contribution in [2.24, 2.45) is 11.8 Å². The van der Waals surface area contributed by atoms with Crippen molar-refractivity contribution in [3.05, 3.63) is 78.4 Å². The number of hydrogen-bond donors (Lipinski definition) is 0. The Bertz CT molecular complexity index is 1480. The number of aromatic nitrogens is 3. The first-order valence-corrected chi connectivity index (χ1v) is 15.9. The predicted molar refractivity (Wildman–Crippen MR) is 166 cm³/mol. The van der Waals surface area contributed by atoms with Crippen LogP contribution in [-0.2, 0) is 0 Å². The van der Waals surface area contributed by atoms with Gasteiger partial charge in [0.05, 0.1) is 5.56 Å². The summed E-state index contributed by atoms with van der Waals surface area (Å²) in [5.74, 6) is 1.57. The molecule has 42 heavy (non-hydrogen) atoms. The van der Waals surface area contributed by atoms with Crippen molar-refractivity contribution in [1.82, 2.24) is 20.1 Å². The van der Waals surface area contributed by atoms with Crippen LogP contribution in [-0.4, -0.2) is 58.2 Å². The summed E-state index contributed by atoms with van der Waals surface area (Å²) < 4.78 is 0. The Kier molecular flexibility index (Phi) is 7.92. The normalized spacial score (nSPS) is 22.3. The highest BCUT2D eigenvalue weighted by atomic mass is 16.7. The smallest absolute Gasteiger partial charge is 0.365 e. The molecule has 0 radical (unpaired) electrons. The van der Waals surface area contributed by atoms with E-state index in [0.29, 0.717) is 16.6 Å². The van der Waals surface area contributed by atoms with Crippen LogP contribution in [0.25, 0.3) is 22.2 Å². The van der Waals surface area contributed by atoms with E-state index < -0.39 is 5.97 Å². The molecule has 0 N–H and O–H groups in total. The summed E-state index contributed by atoms with van der Waals surface area (Å²) in [6, 6.07) is 24.5. The lowest BCUT2D eigenvalue weighted by Crippen LogP contribution is -2.51. The molecule has 1 aliphatic heterocycles. The van der Waals surface area contributed by atoms with Crippen LogP contribution < -0.4 is 9.74 Å². The van der Waals surface area contributed by atoms with Crippen molar-refractivity contribution >= 4 is 22.7 Å². The molecule has 218 valence electrons. The van der Waals surface area contributed by atoms with Gasteiger partial charge in [0.15, 0.2) is 0 Å². The van der Waals surface area contributed by atoms with E-state index in [1.54, 1.807) is 12.1 Å². The van der Waals surface area contributed by atoms with Crippen LogP contribution in [0.15, 0.2) is 72.8 Å². The van der Waals surface area contributed by atoms with Gasteiger partial charge in [-0.1, -0.05) is 73.3 Å². The maximum Gasteiger partial charge on any atom is 0.365 e. The Hall–Kier alpha value is -3.71. The van der Waals surface area contributed by atoms with Gasteiger partial charge in [-0.15, -0.1) is 5.10 Å². The molecule has 1 saturated heterocycles. The number of benzene rings is 3. The van der Waals surface area contributed by atoms with Crippen molar-refractivity contribution in [3.63, 3.8) is 0 Å². The zero-order valence-electron chi connectivity index (χ0n) is 24.4. The van der Waals surface area contributed by atoms with Crippen LogP contribution in [0.4, 0.5) is 5.69 Å². The molecular weight excluding hydrogens is 522 g/mol. The van der Waals surface area contributed by atoms with E-state index in [4.69, 9.17) is 4.84 Å². The van der Waals surface area contributed by atoms with Crippen molar-refractivity contribution in [2.75, 3.05) is 31.1 Å². The highest BCUT2D eigenvalue weighted by Gasteiger charge is 2.32. The number of carbonyl (C=O) groups is 1. The van der Waals surface area contributed by atoms with Gasteiger partial charge >= 0.3 is 5.97 Å². The van der Waals surface area contributed by atoms with Gasteiger partial charge in [0.2, 0.25) is 0 Å². The van der Waals surface area contributed by atoms with Gasteiger partial charge in [0.1, 0.15) is 11.0 Å². The minimum atomic E-state index is -0.469. The first-order valence-electron chi connectivity index (χ1n) is 15.9. The topological polar surface area (TPSA) is 63.5 Å². The Balaban J connectivity index is 0.907. The third-order valence-electron chi connectivity index (χ3n) is 10.1. The third kappa shape index (κ3) is 5.80. The molecule has 2 saturated carbocycles. The number of anilines is 1. The van der Waals surface area contributed by atoms with Crippen molar-refractivity contribution in [3.8, 4) is 11.1 Å². The molecule has 3 fully saturated rings. The fourth-order valence-corrected chi connectivity index (χ4v) is 7.60. The lowest BCUT2D eigenvalue weighted by atomic mass is 9.72. The summed E-state index contributed by atoms with van der Waals surface area (Å²) >= 11 is 0. The summed E-state index contributed by atoms with van der Waals surface area (Å²) in [6.07, 6.45) is 13.1. The quantitative estimate of drug-likeness (QED) is 0.246. The standard InChI is InChI=1S/C35H41N5O2/c41-35(42-40-34-9-5-4-8-33(34)36-37-40)30-12-10-27(11-13-30)29-16-20-32(21-17-29)39-24-22-38(23-25-39)31-18-14-28(15-19-31)26-6-2-1-3-7-26/h4-5,8-13,16-17,20-21,26,28,31H,1-3,6-7,14-15,18-19,22-25H2. The minimum Gasteiger partial charge on any atom is -0.369 e. The number of fused-ring (bicyclic) bond motifs is 1. The van der Waals surface area contributed by atoms with E-state index in [9.17, 15) is 4.79 Å². The summed E-state index contributed by atoms with van der Waals surface area (Å²) in [6.45, 7) is 4.53. The summed E-state index contributed by atoms with van der Waals surface area (Å²) in [4.78, 5) is 24.6. The number of hydrogen-bond acceptors (Lipinski definition) is 6. The number of nitrogens with zero attached hydrogens (tertiary/aromatic N) is 5. The minimum absolute atomic E-state index is 0.468. The molecule has 4 aromatic rings. The van der Waals surface area contributed by atoms with E-state index in [-0.39, 0.29) is 0 Å². The SMILES string of the molecule is O=C(On1nnc2ccccc21)c1ccc(-c2ccc(N3CCN(C4CCC(C5CCCCC5)CC4)CC3)cc2)cc1. The molecule has 0 spiro atoms. The monoisotopic (exact) mass is 563 g/mol. The fraction of sp³-hybridized carbons (Fsp3) is 0.457. The lowest BCUT2D eigenvalue weighted by molar-refractivity contribution is 0.0409. The summed E-state index contributed by atoms with van der Waals surface area (Å²) in [5.41, 5.74) is 5.29. The van der Waals surface area contributed by atoms with Gasteiger partial charge in [-0.05, 0) is 90.3 Å². The molecule has 2 aliphatic carbocycles. The maximum atomic E-state index is 12.7. The molecule has 7 heteroatoms. The number of rotatable bonds is 6. The Morgan fingerprint density at radius 3 is 2.05 bits per heavy atom. The summed E-state index contributed by atoms with van der Waals surface area (Å²) in [5, 5.41) is 7.97. The molecule has 1 aromatic heterocycles. The van der Waals surface area contributed by atoms with Crippen LogP contribution in [0.2, 0.25) is 0 Å². The van der Waals surface area contributed by atoms with Crippen LogP contribution in [0.5, 0.6) is 0 Å².